The Labute approximate surface area is 125 Å². The maximum Gasteiger partial charge on any atom is 0.223 e. The van der Waals surface area contributed by atoms with Crippen molar-refractivity contribution in [2.24, 2.45) is 5.92 Å². The third-order valence-electron chi connectivity index (χ3n) is 4.28. The highest BCUT2D eigenvalue weighted by atomic mass is 16.1. The van der Waals surface area contributed by atoms with Crippen LogP contribution in [-0.4, -0.2) is 15.5 Å². The molecule has 1 amide bonds. The summed E-state index contributed by atoms with van der Waals surface area (Å²) in [4.78, 5) is 16.2. The molecule has 1 aliphatic rings. The van der Waals surface area contributed by atoms with Crippen LogP contribution in [0.15, 0.2) is 43.0 Å². The van der Waals surface area contributed by atoms with Crippen molar-refractivity contribution in [2.75, 3.05) is 0 Å². The summed E-state index contributed by atoms with van der Waals surface area (Å²) in [5.74, 6) is 0.427. The van der Waals surface area contributed by atoms with Gasteiger partial charge in [-0.25, -0.2) is 4.98 Å². The number of nitrogens with zero attached hydrogens (tertiary/aromatic N) is 2. The highest BCUT2D eigenvalue weighted by Crippen LogP contribution is 2.26. The van der Waals surface area contributed by atoms with E-state index in [1.165, 1.54) is 12.8 Å². The number of hydrogen-bond acceptors (Lipinski definition) is 2. The third kappa shape index (κ3) is 3.15. The van der Waals surface area contributed by atoms with Crippen LogP contribution in [0, 0.1) is 5.92 Å². The third-order valence-corrected chi connectivity index (χ3v) is 4.28. The monoisotopic (exact) mass is 283 g/mol. The number of benzene rings is 1. The molecular weight excluding hydrogens is 262 g/mol. The van der Waals surface area contributed by atoms with Crippen molar-refractivity contribution in [3.8, 4) is 5.69 Å². The zero-order valence-corrected chi connectivity index (χ0v) is 12.3. The lowest BCUT2D eigenvalue weighted by molar-refractivity contribution is -0.125. The second-order valence-corrected chi connectivity index (χ2v) is 5.77. The lowest BCUT2D eigenvalue weighted by Crippen LogP contribution is -2.31. The van der Waals surface area contributed by atoms with E-state index in [-0.39, 0.29) is 17.9 Å². The Morgan fingerprint density at radius 3 is 2.62 bits per heavy atom. The van der Waals surface area contributed by atoms with Crippen LogP contribution in [0.2, 0.25) is 0 Å². The maximum atomic E-state index is 12.2. The highest BCUT2D eigenvalue weighted by molar-refractivity contribution is 5.79. The summed E-state index contributed by atoms with van der Waals surface area (Å²) in [5, 5.41) is 3.13. The molecule has 4 heteroatoms. The average molecular weight is 283 g/mol. The van der Waals surface area contributed by atoms with Crippen molar-refractivity contribution >= 4 is 5.91 Å². The minimum Gasteiger partial charge on any atom is -0.349 e. The number of hydrogen-bond donors (Lipinski definition) is 1. The second-order valence-electron chi connectivity index (χ2n) is 5.77. The predicted octanol–water partition coefficient (Wildman–Crippen LogP) is 3.24. The number of carbonyl (C=O) groups excluding carboxylic acids is 1. The first-order chi connectivity index (χ1) is 10.2. The summed E-state index contributed by atoms with van der Waals surface area (Å²) in [6.07, 6.45) is 9.91. The standard InChI is InChI=1S/C17H21N3O/c1-13(19-17(21)15-4-2-3-5-15)14-6-8-16(9-7-14)20-11-10-18-12-20/h6-13,15H,2-5H2,1H3,(H,19,21)/t13-/m0/s1. The van der Waals surface area contributed by atoms with Gasteiger partial charge in [0.05, 0.1) is 12.4 Å². The fraction of sp³-hybridized carbons (Fsp3) is 0.412. The van der Waals surface area contributed by atoms with Gasteiger partial charge in [0.1, 0.15) is 0 Å². The molecule has 3 rings (SSSR count). The molecule has 0 aliphatic heterocycles. The molecule has 4 nitrogen and oxygen atoms in total. The Bertz CT molecular complexity index is 583. The molecule has 1 aliphatic carbocycles. The molecule has 1 aromatic heterocycles. The predicted molar refractivity (Wildman–Crippen MR) is 82.1 cm³/mol. The van der Waals surface area contributed by atoms with Crippen LogP contribution >= 0.6 is 0 Å². The SMILES string of the molecule is C[C@H](NC(=O)C1CCCC1)c1ccc(-n2ccnc2)cc1. The van der Waals surface area contributed by atoms with Gasteiger partial charge in [-0.3, -0.25) is 4.79 Å². The van der Waals surface area contributed by atoms with Crippen molar-refractivity contribution in [2.45, 2.75) is 38.6 Å². The molecule has 0 spiro atoms. The molecule has 0 radical (unpaired) electrons. The molecule has 0 unspecified atom stereocenters. The largest absolute Gasteiger partial charge is 0.349 e. The van der Waals surface area contributed by atoms with Gasteiger partial charge in [0.25, 0.3) is 0 Å². The molecule has 1 fully saturated rings. The van der Waals surface area contributed by atoms with Gasteiger partial charge < -0.3 is 9.88 Å². The summed E-state index contributed by atoms with van der Waals surface area (Å²) in [6, 6.07) is 8.28. The van der Waals surface area contributed by atoms with Gasteiger partial charge in [-0.2, -0.15) is 0 Å². The van der Waals surface area contributed by atoms with Crippen LogP contribution < -0.4 is 5.32 Å². The molecule has 1 aromatic carbocycles. The van der Waals surface area contributed by atoms with E-state index in [1.807, 2.05) is 17.7 Å². The first kappa shape index (κ1) is 13.9. The van der Waals surface area contributed by atoms with Gasteiger partial charge in [0.15, 0.2) is 0 Å². The molecule has 1 heterocycles. The fourth-order valence-corrected chi connectivity index (χ4v) is 2.95. The van der Waals surface area contributed by atoms with E-state index in [1.54, 1.807) is 12.5 Å². The van der Waals surface area contributed by atoms with Crippen molar-refractivity contribution in [1.82, 2.24) is 14.9 Å². The molecule has 21 heavy (non-hydrogen) atoms. The molecule has 1 saturated carbocycles. The average Bonchev–Trinajstić information content (AvgIpc) is 3.20. The van der Waals surface area contributed by atoms with Crippen molar-refractivity contribution in [3.63, 3.8) is 0 Å². The van der Waals surface area contributed by atoms with Gasteiger partial charge >= 0.3 is 0 Å². The molecule has 0 bridgehead atoms. The molecule has 0 saturated heterocycles. The number of carbonyl (C=O) groups is 1. The van der Waals surface area contributed by atoms with E-state index in [0.29, 0.717) is 0 Å². The van der Waals surface area contributed by atoms with Crippen LogP contribution in [-0.2, 0) is 4.79 Å². The Morgan fingerprint density at radius 2 is 2.00 bits per heavy atom. The smallest absolute Gasteiger partial charge is 0.223 e. The molecule has 1 atom stereocenters. The van der Waals surface area contributed by atoms with Gasteiger partial charge in [-0.05, 0) is 37.5 Å². The van der Waals surface area contributed by atoms with E-state index in [9.17, 15) is 4.79 Å². The number of imidazole rings is 1. The number of aromatic nitrogens is 2. The minimum atomic E-state index is 0.0509. The van der Waals surface area contributed by atoms with Crippen LogP contribution in [0.3, 0.4) is 0 Å². The first-order valence-electron chi connectivity index (χ1n) is 7.63. The minimum absolute atomic E-state index is 0.0509. The van der Waals surface area contributed by atoms with Crippen molar-refractivity contribution in [1.29, 1.82) is 0 Å². The molecular formula is C17H21N3O. The van der Waals surface area contributed by atoms with Gasteiger partial charge in [-0.15, -0.1) is 0 Å². The lowest BCUT2D eigenvalue weighted by Gasteiger charge is -2.17. The van der Waals surface area contributed by atoms with Gasteiger partial charge in [0.2, 0.25) is 5.91 Å². The van der Waals surface area contributed by atoms with Crippen LogP contribution in [0.5, 0.6) is 0 Å². The van der Waals surface area contributed by atoms with Crippen molar-refractivity contribution < 1.29 is 4.79 Å². The topological polar surface area (TPSA) is 46.9 Å². The van der Waals surface area contributed by atoms with Crippen LogP contribution in [0.25, 0.3) is 5.69 Å². The van der Waals surface area contributed by atoms with Gasteiger partial charge in [0, 0.05) is 24.0 Å². The van der Waals surface area contributed by atoms with E-state index in [0.717, 1.165) is 24.1 Å². The lowest BCUT2D eigenvalue weighted by atomic mass is 10.0. The maximum absolute atomic E-state index is 12.2. The second kappa shape index (κ2) is 6.12. The Morgan fingerprint density at radius 1 is 1.29 bits per heavy atom. The Kier molecular flexibility index (Phi) is 4.04. The molecule has 1 N–H and O–H groups in total. The summed E-state index contributed by atoms with van der Waals surface area (Å²) in [6.45, 7) is 2.04. The number of rotatable bonds is 4. The van der Waals surface area contributed by atoms with Crippen LogP contribution in [0.1, 0.15) is 44.2 Å². The fourth-order valence-electron chi connectivity index (χ4n) is 2.95. The summed E-state index contributed by atoms with van der Waals surface area (Å²) in [5.41, 5.74) is 2.20. The quantitative estimate of drug-likeness (QED) is 0.936. The molecule has 110 valence electrons. The normalized spacial score (nSPS) is 16.8. The summed E-state index contributed by atoms with van der Waals surface area (Å²) in [7, 11) is 0. The van der Waals surface area contributed by atoms with E-state index >= 15 is 0 Å². The van der Waals surface area contributed by atoms with Gasteiger partial charge in [-0.1, -0.05) is 25.0 Å². The molecule has 2 aromatic rings. The number of amides is 1. The highest BCUT2D eigenvalue weighted by Gasteiger charge is 2.23. The van der Waals surface area contributed by atoms with E-state index < -0.39 is 0 Å². The zero-order chi connectivity index (χ0) is 14.7. The first-order valence-corrected chi connectivity index (χ1v) is 7.63. The van der Waals surface area contributed by atoms with Crippen molar-refractivity contribution in [3.05, 3.63) is 48.5 Å². The Balaban J connectivity index is 1.64. The zero-order valence-electron chi connectivity index (χ0n) is 12.3. The van der Waals surface area contributed by atoms with Crippen LogP contribution in [0.4, 0.5) is 0 Å². The number of nitrogens with one attached hydrogen (secondary N) is 1. The van der Waals surface area contributed by atoms with E-state index in [2.05, 4.69) is 34.6 Å². The Hall–Kier alpha value is -2.10. The summed E-state index contributed by atoms with van der Waals surface area (Å²) < 4.78 is 1.96. The van der Waals surface area contributed by atoms with E-state index in [4.69, 9.17) is 0 Å². The summed E-state index contributed by atoms with van der Waals surface area (Å²) >= 11 is 0.